The van der Waals surface area contributed by atoms with Gasteiger partial charge in [-0.1, -0.05) is 18.9 Å². The minimum Gasteiger partial charge on any atom is -0.491 e. The summed E-state index contributed by atoms with van der Waals surface area (Å²) in [7, 11) is 0. The summed E-state index contributed by atoms with van der Waals surface area (Å²) in [5, 5.41) is 10.4. The monoisotopic (exact) mass is 224 g/mol. The largest absolute Gasteiger partial charge is 0.491 e. The Labute approximate surface area is 95.1 Å². The molecule has 0 atom stereocenters. The molecule has 0 saturated heterocycles. The lowest BCUT2D eigenvalue weighted by atomic mass is 9.92. The highest BCUT2D eigenvalue weighted by Gasteiger charge is 2.33. The van der Waals surface area contributed by atoms with Crippen LogP contribution in [0.5, 0.6) is 5.75 Å². The maximum atomic E-state index is 13.4. The van der Waals surface area contributed by atoms with Crippen molar-refractivity contribution in [3.63, 3.8) is 0 Å². The number of hydrogen-bond donors (Lipinski definition) is 1. The molecule has 2 rings (SSSR count). The van der Waals surface area contributed by atoms with Gasteiger partial charge >= 0.3 is 0 Å². The van der Waals surface area contributed by atoms with Crippen molar-refractivity contribution in [2.45, 2.75) is 38.2 Å². The lowest BCUT2D eigenvalue weighted by Crippen LogP contribution is -2.20. The highest BCUT2D eigenvalue weighted by atomic mass is 19.1. The summed E-state index contributed by atoms with van der Waals surface area (Å²) in [6.45, 7) is 2.25. The smallest absolute Gasteiger partial charge is 0.165 e. The van der Waals surface area contributed by atoms with Crippen LogP contribution in [0.1, 0.15) is 38.2 Å². The van der Waals surface area contributed by atoms with Gasteiger partial charge in [-0.25, -0.2) is 4.39 Å². The fraction of sp³-hybridized carbons (Fsp3) is 0.538. The fourth-order valence-corrected chi connectivity index (χ4v) is 2.31. The molecule has 88 valence electrons. The molecular weight excluding hydrogens is 207 g/mol. The third-order valence-electron chi connectivity index (χ3n) is 3.20. The molecule has 1 N–H and O–H groups in total. The first-order chi connectivity index (χ1) is 7.65. The van der Waals surface area contributed by atoms with Crippen LogP contribution >= 0.6 is 0 Å². The molecule has 0 aromatic heterocycles. The molecule has 2 nitrogen and oxygen atoms in total. The lowest BCUT2D eigenvalue weighted by Gasteiger charge is -2.23. The number of halogens is 1. The quantitative estimate of drug-likeness (QED) is 0.855. The Balaban J connectivity index is 2.31. The molecule has 1 fully saturated rings. The summed E-state index contributed by atoms with van der Waals surface area (Å²) in [6.07, 6.45) is 3.56. The Morgan fingerprint density at radius 1 is 1.38 bits per heavy atom. The molecule has 1 aliphatic carbocycles. The Morgan fingerprint density at radius 2 is 2.06 bits per heavy atom. The molecule has 0 unspecified atom stereocenters. The number of rotatable bonds is 3. The number of benzene rings is 1. The molecule has 1 aliphatic rings. The standard InChI is InChI=1S/C13H17FO2/c1-2-16-12-9-10(5-6-11(12)14)13(15)7-3-4-8-13/h5-6,9,15H,2-4,7-8H2,1H3. The second kappa shape index (κ2) is 4.42. The summed E-state index contributed by atoms with van der Waals surface area (Å²) in [4.78, 5) is 0. The van der Waals surface area contributed by atoms with E-state index in [-0.39, 0.29) is 11.6 Å². The third kappa shape index (κ3) is 2.05. The third-order valence-corrected chi connectivity index (χ3v) is 3.20. The maximum Gasteiger partial charge on any atom is 0.165 e. The zero-order valence-electron chi connectivity index (χ0n) is 9.50. The van der Waals surface area contributed by atoms with Crippen molar-refractivity contribution in [1.82, 2.24) is 0 Å². The average molecular weight is 224 g/mol. The highest BCUT2D eigenvalue weighted by Crippen LogP contribution is 2.39. The van der Waals surface area contributed by atoms with Crippen LogP contribution in [0, 0.1) is 5.82 Å². The summed E-state index contributed by atoms with van der Waals surface area (Å²) in [5.41, 5.74) is -0.00521. The van der Waals surface area contributed by atoms with E-state index >= 15 is 0 Å². The molecule has 1 aromatic rings. The molecule has 0 radical (unpaired) electrons. The van der Waals surface area contributed by atoms with Gasteiger partial charge in [0.15, 0.2) is 11.6 Å². The van der Waals surface area contributed by atoms with Crippen LogP contribution in [0.15, 0.2) is 18.2 Å². The van der Waals surface area contributed by atoms with Crippen LogP contribution in [-0.2, 0) is 5.60 Å². The van der Waals surface area contributed by atoms with E-state index in [0.717, 1.165) is 31.2 Å². The van der Waals surface area contributed by atoms with Gasteiger partial charge in [-0.2, -0.15) is 0 Å². The molecule has 0 heterocycles. The summed E-state index contributed by atoms with van der Waals surface area (Å²) < 4.78 is 18.6. The van der Waals surface area contributed by atoms with Gasteiger partial charge in [-0.15, -0.1) is 0 Å². The van der Waals surface area contributed by atoms with Crippen molar-refractivity contribution in [3.8, 4) is 5.75 Å². The fourth-order valence-electron chi connectivity index (χ4n) is 2.31. The van der Waals surface area contributed by atoms with Gasteiger partial charge in [-0.3, -0.25) is 0 Å². The molecule has 0 bridgehead atoms. The molecule has 0 aliphatic heterocycles. The zero-order chi connectivity index (χ0) is 11.6. The van der Waals surface area contributed by atoms with Crippen molar-refractivity contribution in [3.05, 3.63) is 29.6 Å². The van der Waals surface area contributed by atoms with Crippen LogP contribution in [0.25, 0.3) is 0 Å². The molecule has 0 spiro atoms. The van der Waals surface area contributed by atoms with Gasteiger partial charge in [0.1, 0.15) is 0 Å². The molecular formula is C13H17FO2. The topological polar surface area (TPSA) is 29.5 Å². The number of hydrogen-bond acceptors (Lipinski definition) is 2. The van der Waals surface area contributed by atoms with Crippen molar-refractivity contribution >= 4 is 0 Å². The highest BCUT2D eigenvalue weighted by molar-refractivity contribution is 5.34. The van der Waals surface area contributed by atoms with Crippen molar-refractivity contribution < 1.29 is 14.2 Å². The SMILES string of the molecule is CCOc1cc(C2(O)CCCC2)ccc1F. The lowest BCUT2D eigenvalue weighted by molar-refractivity contribution is 0.0441. The summed E-state index contributed by atoms with van der Waals surface area (Å²) in [6, 6.07) is 4.66. The van der Waals surface area contributed by atoms with E-state index in [1.54, 1.807) is 12.1 Å². The van der Waals surface area contributed by atoms with Crippen molar-refractivity contribution in [2.24, 2.45) is 0 Å². The van der Waals surface area contributed by atoms with Gasteiger partial charge in [-0.05, 0) is 37.5 Å². The molecule has 0 amide bonds. The van der Waals surface area contributed by atoms with E-state index < -0.39 is 5.60 Å². The number of aliphatic hydroxyl groups is 1. The average Bonchev–Trinajstić information content (AvgIpc) is 2.70. The summed E-state index contributed by atoms with van der Waals surface area (Å²) >= 11 is 0. The first-order valence-electron chi connectivity index (χ1n) is 5.81. The Bertz CT molecular complexity index is 370. The van der Waals surface area contributed by atoms with E-state index in [1.807, 2.05) is 6.92 Å². The van der Waals surface area contributed by atoms with Gasteiger partial charge in [0.2, 0.25) is 0 Å². The second-order valence-corrected chi connectivity index (χ2v) is 4.32. The normalized spacial score (nSPS) is 18.7. The Hall–Kier alpha value is -1.09. The molecule has 1 aromatic carbocycles. The van der Waals surface area contributed by atoms with Crippen molar-refractivity contribution in [1.29, 1.82) is 0 Å². The van der Waals surface area contributed by atoms with Gasteiger partial charge in [0.25, 0.3) is 0 Å². The summed E-state index contributed by atoms with van der Waals surface area (Å²) in [5.74, 6) is -0.132. The van der Waals surface area contributed by atoms with Crippen LogP contribution in [0.4, 0.5) is 4.39 Å². The minimum atomic E-state index is -0.778. The first-order valence-corrected chi connectivity index (χ1v) is 5.81. The molecule has 1 saturated carbocycles. The second-order valence-electron chi connectivity index (χ2n) is 4.32. The van der Waals surface area contributed by atoms with Crippen molar-refractivity contribution in [2.75, 3.05) is 6.61 Å². The maximum absolute atomic E-state index is 13.4. The van der Waals surface area contributed by atoms with E-state index in [1.165, 1.54) is 6.07 Å². The Morgan fingerprint density at radius 3 is 2.69 bits per heavy atom. The van der Waals surface area contributed by atoms with Crippen LogP contribution < -0.4 is 4.74 Å². The van der Waals surface area contributed by atoms with Gasteiger partial charge in [0.05, 0.1) is 12.2 Å². The van der Waals surface area contributed by atoms with E-state index in [9.17, 15) is 9.50 Å². The number of ether oxygens (including phenoxy) is 1. The van der Waals surface area contributed by atoms with Crippen LogP contribution in [-0.4, -0.2) is 11.7 Å². The molecule has 16 heavy (non-hydrogen) atoms. The molecule has 3 heteroatoms. The van der Waals surface area contributed by atoms with Crippen LogP contribution in [0.3, 0.4) is 0 Å². The predicted molar refractivity (Wildman–Crippen MR) is 59.9 cm³/mol. The Kier molecular flexibility index (Phi) is 3.15. The first kappa shape index (κ1) is 11.4. The van der Waals surface area contributed by atoms with Gasteiger partial charge in [0, 0.05) is 0 Å². The zero-order valence-corrected chi connectivity index (χ0v) is 9.50. The van der Waals surface area contributed by atoms with Crippen LogP contribution in [0.2, 0.25) is 0 Å². The van der Waals surface area contributed by atoms with Gasteiger partial charge < -0.3 is 9.84 Å². The van der Waals surface area contributed by atoms with E-state index in [2.05, 4.69) is 0 Å². The van der Waals surface area contributed by atoms with E-state index in [4.69, 9.17) is 4.74 Å². The minimum absolute atomic E-state index is 0.236. The van der Waals surface area contributed by atoms with E-state index in [0.29, 0.717) is 6.61 Å². The predicted octanol–water partition coefficient (Wildman–Crippen LogP) is 2.99.